The number of hydrogen-bond acceptors (Lipinski definition) is 5. The zero-order chi connectivity index (χ0) is 19.1. The molecule has 8 nitrogen and oxygen atoms in total. The van der Waals surface area contributed by atoms with Crippen molar-refractivity contribution in [2.45, 2.75) is 38.8 Å². The predicted octanol–water partition coefficient (Wildman–Crippen LogP) is 0.838. The Kier molecular flexibility index (Phi) is 4.43. The molecule has 1 atom stereocenters. The lowest BCUT2D eigenvalue weighted by atomic mass is 10.1. The van der Waals surface area contributed by atoms with Crippen LogP contribution < -0.4 is 10.2 Å². The highest BCUT2D eigenvalue weighted by atomic mass is 16.5. The van der Waals surface area contributed by atoms with Gasteiger partial charge in [-0.25, -0.2) is 4.79 Å². The summed E-state index contributed by atoms with van der Waals surface area (Å²) in [5.41, 5.74) is 0.833. The van der Waals surface area contributed by atoms with E-state index in [2.05, 4.69) is 5.32 Å². The molecule has 2 aliphatic rings. The molecule has 0 radical (unpaired) electrons. The Morgan fingerprint density at radius 3 is 2.62 bits per heavy atom. The number of rotatable bonds is 4. The van der Waals surface area contributed by atoms with E-state index >= 15 is 0 Å². The van der Waals surface area contributed by atoms with Gasteiger partial charge in [-0.2, -0.15) is 0 Å². The highest BCUT2D eigenvalue weighted by Gasteiger charge is 2.45. The molecule has 1 N–H and O–H groups in total. The van der Waals surface area contributed by atoms with E-state index in [-0.39, 0.29) is 11.9 Å². The number of ether oxygens (including phenoxy) is 1. The van der Waals surface area contributed by atoms with Crippen LogP contribution in [0.4, 0.5) is 10.5 Å². The fourth-order valence-corrected chi connectivity index (χ4v) is 3.29. The molecule has 0 bridgehead atoms. The molecule has 4 amide bonds. The van der Waals surface area contributed by atoms with Crippen molar-refractivity contribution in [1.82, 2.24) is 10.2 Å². The molecular weight excluding hydrogens is 338 g/mol. The summed E-state index contributed by atoms with van der Waals surface area (Å²) in [6, 6.07) is 6.91. The van der Waals surface area contributed by atoms with E-state index < -0.39 is 36.6 Å². The van der Waals surface area contributed by atoms with E-state index in [0.29, 0.717) is 0 Å². The molecular formula is C18H21N3O5. The smallest absolute Gasteiger partial charge is 0.326 e. The van der Waals surface area contributed by atoms with E-state index in [1.165, 1.54) is 0 Å². The number of amides is 4. The Bertz CT molecular complexity index is 789. The number of imide groups is 1. The maximum atomic E-state index is 12.5. The fourth-order valence-electron chi connectivity index (χ4n) is 3.29. The SMILES string of the molecule is C[C@@H]1Cc2ccccc2N1C(=O)COC(=O)CN1C(=O)NC(C)(C)C1=O. The highest BCUT2D eigenvalue weighted by molar-refractivity contribution is 6.08. The lowest BCUT2D eigenvalue weighted by Crippen LogP contribution is -2.42. The molecule has 0 spiro atoms. The Morgan fingerprint density at radius 1 is 1.27 bits per heavy atom. The van der Waals surface area contributed by atoms with Gasteiger partial charge in [0.2, 0.25) is 0 Å². The van der Waals surface area contributed by atoms with E-state index in [9.17, 15) is 19.2 Å². The summed E-state index contributed by atoms with van der Waals surface area (Å²) in [6.45, 7) is 4.07. The Morgan fingerprint density at radius 2 is 1.96 bits per heavy atom. The number of nitrogens with zero attached hydrogens (tertiary/aromatic N) is 2. The van der Waals surface area contributed by atoms with Gasteiger partial charge in [-0.1, -0.05) is 18.2 Å². The van der Waals surface area contributed by atoms with Gasteiger partial charge in [0, 0.05) is 11.7 Å². The molecule has 1 aromatic carbocycles. The second kappa shape index (κ2) is 6.44. The maximum absolute atomic E-state index is 12.5. The van der Waals surface area contributed by atoms with Gasteiger partial charge in [0.15, 0.2) is 6.61 Å². The van der Waals surface area contributed by atoms with Crippen LogP contribution in [0.1, 0.15) is 26.3 Å². The van der Waals surface area contributed by atoms with Gasteiger partial charge in [0.25, 0.3) is 11.8 Å². The zero-order valence-corrected chi connectivity index (χ0v) is 14.9. The van der Waals surface area contributed by atoms with Crippen molar-refractivity contribution in [2.75, 3.05) is 18.1 Å². The van der Waals surface area contributed by atoms with Crippen molar-refractivity contribution in [1.29, 1.82) is 0 Å². The Labute approximate surface area is 151 Å². The van der Waals surface area contributed by atoms with Gasteiger partial charge in [0.05, 0.1) is 0 Å². The molecule has 1 fully saturated rings. The molecule has 138 valence electrons. The summed E-state index contributed by atoms with van der Waals surface area (Å²) < 4.78 is 5.00. The third-order valence-electron chi connectivity index (χ3n) is 4.56. The quantitative estimate of drug-likeness (QED) is 0.635. The van der Waals surface area contributed by atoms with Gasteiger partial charge in [-0.3, -0.25) is 19.3 Å². The number of esters is 1. The van der Waals surface area contributed by atoms with Crippen LogP contribution in [0, 0.1) is 0 Å². The average Bonchev–Trinajstić information content (AvgIpc) is 3.00. The Balaban J connectivity index is 1.58. The minimum absolute atomic E-state index is 0.0228. The second-order valence-corrected chi connectivity index (χ2v) is 7.05. The number of urea groups is 1. The third-order valence-corrected chi connectivity index (χ3v) is 4.56. The zero-order valence-electron chi connectivity index (χ0n) is 14.9. The molecule has 0 aromatic heterocycles. The topological polar surface area (TPSA) is 96.0 Å². The average molecular weight is 359 g/mol. The second-order valence-electron chi connectivity index (χ2n) is 7.05. The van der Waals surface area contributed by atoms with Gasteiger partial charge in [-0.05, 0) is 38.8 Å². The number of benzene rings is 1. The first-order valence-corrected chi connectivity index (χ1v) is 8.40. The number of hydrogen-bond donors (Lipinski definition) is 1. The highest BCUT2D eigenvalue weighted by Crippen LogP contribution is 2.31. The molecule has 3 rings (SSSR count). The number of anilines is 1. The molecule has 1 saturated heterocycles. The summed E-state index contributed by atoms with van der Waals surface area (Å²) in [4.78, 5) is 50.7. The molecule has 0 aliphatic carbocycles. The standard InChI is InChI=1S/C18H21N3O5/c1-11-8-12-6-4-5-7-13(12)21(11)14(22)10-26-15(23)9-20-16(24)18(2,3)19-17(20)25/h4-7,11H,8-10H2,1-3H3,(H,19,25)/t11-/m1/s1. The van der Waals surface area contributed by atoms with Crippen LogP contribution in [0.25, 0.3) is 0 Å². The van der Waals surface area contributed by atoms with Crippen molar-refractivity contribution >= 4 is 29.5 Å². The molecule has 2 aliphatic heterocycles. The van der Waals surface area contributed by atoms with Gasteiger partial charge in [0.1, 0.15) is 12.1 Å². The summed E-state index contributed by atoms with van der Waals surface area (Å²) in [7, 11) is 0. The maximum Gasteiger partial charge on any atom is 0.326 e. The fraction of sp³-hybridized carbons (Fsp3) is 0.444. The van der Waals surface area contributed by atoms with Gasteiger partial charge in [-0.15, -0.1) is 0 Å². The van der Waals surface area contributed by atoms with E-state index in [0.717, 1.165) is 22.6 Å². The number of carbonyl (C=O) groups excluding carboxylic acids is 4. The van der Waals surface area contributed by atoms with Crippen LogP contribution in [-0.2, 0) is 25.5 Å². The molecule has 0 saturated carbocycles. The number of nitrogens with one attached hydrogen (secondary N) is 1. The van der Waals surface area contributed by atoms with E-state index in [1.807, 2.05) is 31.2 Å². The lowest BCUT2D eigenvalue weighted by Gasteiger charge is -2.22. The predicted molar refractivity (Wildman–Crippen MR) is 92.4 cm³/mol. The third kappa shape index (κ3) is 3.14. The van der Waals surface area contributed by atoms with Crippen molar-refractivity contribution in [2.24, 2.45) is 0 Å². The van der Waals surface area contributed by atoms with Crippen molar-refractivity contribution in [3.63, 3.8) is 0 Å². The van der Waals surface area contributed by atoms with Crippen LogP contribution in [0.15, 0.2) is 24.3 Å². The Hall–Kier alpha value is -2.90. The molecule has 8 heteroatoms. The monoisotopic (exact) mass is 359 g/mol. The first-order chi connectivity index (χ1) is 12.2. The van der Waals surface area contributed by atoms with Crippen molar-refractivity contribution < 1.29 is 23.9 Å². The normalized spacial score (nSPS) is 20.8. The summed E-state index contributed by atoms with van der Waals surface area (Å²) in [6.07, 6.45) is 0.743. The first-order valence-electron chi connectivity index (χ1n) is 8.40. The number of carbonyl (C=O) groups is 4. The summed E-state index contributed by atoms with van der Waals surface area (Å²) >= 11 is 0. The van der Waals surface area contributed by atoms with E-state index in [4.69, 9.17) is 4.74 Å². The minimum atomic E-state index is -1.05. The van der Waals surface area contributed by atoms with E-state index in [1.54, 1.807) is 18.7 Å². The molecule has 0 unspecified atom stereocenters. The van der Waals surface area contributed by atoms with Crippen LogP contribution in [0.5, 0.6) is 0 Å². The van der Waals surface area contributed by atoms with Crippen LogP contribution in [0.3, 0.4) is 0 Å². The van der Waals surface area contributed by atoms with Crippen LogP contribution in [-0.4, -0.2) is 53.4 Å². The van der Waals surface area contributed by atoms with Crippen molar-refractivity contribution in [3.05, 3.63) is 29.8 Å². The molecule has 26 heavy (non-hydrogen) atoms. The summed E-state index contributed by atoms with van der Waals surface area (Å²) in [5.74, 6) is -1.65. The van der Waals surface area contributed by atoms with Gasteiger partial charge >= 0.3 is 12.0 Å². The molecule has 1 aromatic rings. The van der Waals surface area contributed by atoms with Crippen LogP contribution in [0.2, 0.25) is 0 Å². The summed E-state index contributed by atoms with van der Waals surface area (Å²) in [5, 5.41) is 2.48. The molecule has 2 heterocycles. The number of para-hydroxylation sites is 1. The minimum Gasteiger partial charge on any atom is -0.454 e. The van der Waals surface area contributed by atoms with Crippen LogP contribution >= 0.6 is 0 Å². The first kappa shape index (κ1) is 17.9. The van der Waals surface area contributed by atoms with Gasteiger partial charge < -0.3 is 15.0 Å². The largest absolute Gasteiger partial charge is 0.454 e. The van der Waals surface area contributed by atoms with Crippen molar-refractivity contribution in [3.8, 4) is 0 Å². The number of fused-ring (bicyclic) bond motifs is 1. The lowest BCUT2D eigenvalue weighted by molar-refractivity contribution is -0.150.